The molecule has 1 saturated heterocycles. The first-order chi connectivity index (χ1) is 11.8. The van der Waals surface area contributed by atoms with Crippen LogP contribution in [0.2, 0.25) is 0 Å². The van der Waals surface area contributed by atoms with Crippen molar-refractivity contribution in [3.63, 3.8) is 0 Å². The number of nitrogens with one attached hydrogen (secondary N) is 1. The third kappa shape index (κ3) is 3.08. The van der Waals surface area contributed by atoms with Gasteiger partial charge in [-0.15, -0.1) is 0 Å². The molecule has 0 spiro atoms. The summed E-state index contributed by atoms with van der Waals surface area (Å²) in [5, 5.41) is 3.06. The molecule has 24 heavy (non-hydrogen) atoms. The van der Waals surface area contributed by atoms with Crippen LogP contribution < -0.4 is 5.32 Å². The van der Waals surface area contributed by atoms with Crippen molar-refractivity contribution in [2.75, 3.05) is 18.4 Å². The Balaban J connectivity index is 1.38. The number of likely N-dealkylation sites (tertiary alicyclic amines) is 1. The molecule has 5 nitrogen and oxygen atoms in total. The Hall–Kier alpha value is -2.14. The topological polar surface area (TPSA) is 58.4 Å². The summed E-state index contributed by atoms with van der Waals surface area (Å²) in [5.74, 6) is 0.717. The fraction of sp³-hybridized carbons (Fsp3) is 0.474. The lowest BCUT2D eigenvalue weighted by Gasteiger charge is -2.45. The Labute approximate surface area is 142 Å². The second-order valence-corrected chi connectivity index (χ2v) is 6.81. The summed E-state index contributed by atoms with van der Waals surface area (Å²) >= 11 is 0. The van der Waals surface area contributed by atoms with Gasteiger partial charge in [0.2, 0.25) is 11.8 Å². The van der Waals surface area contributed by atoms with E-state index in [0.717, 1.165) is 24.3 Å². The highest BCUT2D eigenvalue weighted by molar-refractivity contribution is 5.96. The molecular formula is C19H23N3O2. The van der Waals surface area contributed by atoms with E-state index >= 15 is 0 Å². The van der Waals surface area contributed by atoms with Crippen molar-refractivity contribution >= 4 is 11.6 Å². The molecule has 2 aliphatic rings. The summed E-state index contributed by atoms with van der Waals surface area (Å²) in [6.45, 7) is 1.77. The van der Waals surface area contributed by atoms with Crippen LogP contribution >= 0.6 is 0 Å². The highest BCUT2D eigenvalue weighted by Crippen LogP contribution is 2.31. The minimum absolute atomic E-state index is 0.0875. The van der Waals surface area contributed by atoms with E-state index in [1.54, 1.807) is 12.5 Å². The van der Waals surface area contributed by atoms with E-state index in [4.69, 9.17) is 4.42 Å². The number of hydrogen-bond acceptors (Lipinski definition) is 4. The number of hydrogen-bond donors (Lipinski definition) is 1. The molecule has 0 bridgehead atoms. The fourth-order valence-corrected chi connectivity index (χ4v) is 3.79. The summed E-state index contributed by atoms with van der Waals surface area (Å²) in [5.41, 5.74) is 1.58. The Morgan fingerprint density at radius 3 is 2.71 bits per heavy atom. The molecule has 1 amide bonds. The van der Waals surface area contributed by atoms with Crippen LogP contribution in [0, 0.1) is 5.92 Å². The van der Waals surface area contributed by atoms with Gasteiger partial charge in [-0.1, -0.05) is 31.4 Å². The number of oxazole rings is 1. The molecule has 2 aromatic rings. The average Bonchev–Trinajstić information content (AvgIpc) is 3.09. The van der Waals surface area contributed by atoms with Crippen molar-refractivity contribution in [1.82, 2.24) is 9.88 Å². The number of nitrogens with zero attached hydrogens (tertiary/aromatic N) is 2. The van der Waals surface area contributed by atoms with Gasteiger partial charge in [0, 0.05) is 19.1 Å². The van der Waals surface area contributed by atoms with Gasteiger partial charge in [-0.2, -0.15) is 0 Å². The van der Waals surface area contributed by atoms with Gasteiger partial charge >= 0.3 is 0 Å². The largest absolute Gasteiger partial charge is 0.444 e. The molecule has 1 N–H and O–H groups in total. The van der Waals surface area contributed by atoms with Crippen molar-refractivity contribution < 1.29 is 9.21 Å². The lowest BCUT2D eigenvalue weighted by molar-refractivity contribution is -0.126. The predicted molar refractivity (Wildman–Crippen MR) is 92.5 cm³/mol. The van der Waals surface area contributed by atoms with Crippen LogP contribution in [-0.2, 0) is 4.79 Å². The molecule has 1 aromatic heterocycles. The number of carbonyl (C=O) groups excluding carboxylic acids is 1. The van der Waals surface area contributed by atoms with Crippen molar-refractivity contribution in [2.45, 2.75) is 38.1 Å². The van der Waals surface area contributed by atoms with Crippen molar-refractivity contribution in [1.29, 1.82) is 0 Å². The molecule has 1 aromatic carbocycles. The fourth-order valence-electron chi connectivity index (χ4n) is 3.79. The molecule has 0 atom stereocenters. The van der Waals surface area contributed by atoms with Gasteiger partial charge in [0.1, 0.15) is 6.26 Å². The maximum Gasteiger partial charge on any atom is 0.230 e. The number of benzene rings is 1. The second kappa shape index (κ2) is 6.77. The summed E-state index contributed by atoms with van der Waals surface area (Å²) < 4.78 is 5.37. The van der Waals surface area contributed by atoms with Crippen molar-refractivity contribution in [3.8, 4) is 11.5 Å². The Morgan fingerprint density at radius 1 is 1.17 bits per heavy atom. The third-order valence-electron chi connectivity index (χ3n) is 5.22. The van der Waals surface area contributed by atoms with E-state index in [9.17, 15) is 4.79 Å². The Morgan fingerprint density at radius 2 is 1.96 bits per heavy atom. The van der Waals surface area contributed by atoms with E-state index in [-0.39, 0.29) is 11.8 Å². The smallest absolute Gasteiger partial charge is 0.230 e. The van der Waals surface area contributed by atoms with Crippen molar-refractivity contribution in [2.24, 2.45) is 5.92 Å². The zero-order chi connectivity index (χ0) is 16.4. The van der Waals surface area contributed by atoms with Gasteiger partial charge in [-0.3, -0.25) is 9.69 Å². The monoisotopic (exact) mass is 325 g/mol. The summed E-state index contributed by atoms with van der Waals surface area (Å²) in [6.07, 6.45) is 9.78. The van der Waals surface area contributed by atoms with Crippen LogP contribution in [0.25, 0.3) is 11.5 Å². The van der Waals surface area contributed by atoms with Gasteiger partial charge in [0.25, 0.3) is 0 Å². The molecule has 4 rings (SSSR count). The van der Waals surface area contributed by atoms with Gasteiger partial charge in [0.05, 0.1) is 23.4 Å². The van der Waals surface area contributed by atoms with Crippen LogP contribution in [0.3, 0.4) is 0 Å². The van der Waals surface area contributed by atoms with Gasteiger partial charge in [0.15, 0.2) is 0 Å². The van der Waals surface area contributed by atoms with Crippen LogP contribution in [0.1, 0.15) is 32.1 Å². The van der Waals surface area contributed by atoms with Gasteiger partial charge in [-0.25, -0.2) is 4.98 Å². The lowest BCUT2D eigenvalue weighted by Crippen LogP contribution is -2.56. The first-order valence-corrected chi connectivity index (χ1v) is 8.85. The number of rotatable bonds is 4. The second-order valence-electron chi connectivity index (χ2n) is 6.81. The molecule has 2 heterocycles. The van der Waals surface area contributed by atoms with E-state index in [1.165, 1.54) is 32.1 Å². The average molecular weight is 325 g/mol. The minimum atomic E-state index is 0.0875. The van der Waals surface area contributed by atoms with Gasteiger partial charge < -0.3 is 9.73 Å². The van der Waals surface area contributed by atoms with E-state index in [0.29, 0.717) is 11.9 Å². The quantitative estimate of drug-likeness (QED) is 0.934. The summed E-state index contributed by atoms with van der Waals surface area (Å²) in [6, 6.07) is 8.34. The molecule has 5 heteroatoms. The van der Waals surface area contributed by atoms with E-state index in [1.807, 2.05) is 24.3 Å². The molecule has 0 radical (unpaired) electrons. The predicted octanol–water partition coefficient (Wildman–Crippen LogP) is 3.54. The van der Waals surface area contributed by atoms with Crippen LogP contribution in [-0.4, -0.2) is 34.9 Å². The van der Waals surface area contributed by atoms with E-state index < -0.39 is 0 Å². The maximum absolute atomic E-state index is 12.6. The highest BCUT2D eigenvalue weighted by atomic mass is 16.3. The number of para-hydroxylation sites is 1. The number of anilines is 1. The lowest BCUT2D eigenvalue weighted by atomic mass is 9.88. The number of aromatic nitrogens is 1. The molecule has 2 fully saturated rings. The summed E-state index contributed by atoms with van der Waals surface area (Å²) in [4.78, 5) is 19.2. The zero-order valence-corrected chi connectivity index (χ0v) is 13.8. The maximum atomic E-state index is 12.6. The number of amides is 1. The molecule has 126 valence electrons. The Kier molecular flexibility index (Phi) is 4.34. The van der Waals surface area contributed by atoms with Crippen LogP contribution in [0.4, 0.5) is 5.69 Å². The molecule has 0 unspecified atom stereocenters. The normalized spacial score (nSPS) is 19.8. The van der Waals surface area contributed by atoms with Crippen LogP contribution in [0.15, 0.2) is 41.1 Å². The van der Waals surface area contributed by atoms with Crippen LogP contribution in [0.5, 0.6) is 0 Å². The zero-order valence-electron chi connectivity index (χ0n) is 13.8. The standard InChI is InChI=1S/C19H23N3O2/c23-18(14-12-22(13-14)15-6-2-1-3-7-15)21-17-9-5-4-8-16(17)19-20-10-11-24-19/h4-5,8-11,14-15H,1-3,6-7,12-13H2,(H,21,23). The highest BCUT2D eigenvalue weighted by Gasteiger charge is 2.37. The van der Waals surface area contributed by atoms with Gasteiger partial charge in [-0.05, 0) is 25.0 Å². The first-order valence-electron chi connectivity index (χ1n) is 8.85. The van der Waals surface area contributed by atoms with Crippen molar-refractivity contribution in [3.05, 3.63) is 36.7 Å². The minimum Gasteiger partial charge on any atom is -0.444 e. The summed E-state index contributed by atoms with van der Waals surface area (Å²) in [7, 11) is 0. The third-order valence-corrected chi connectivity index (χ3v) is 5.22. The molecule has 1 aliphatic heterocycles. The Bertz CT molecular complexity index is 686. The number of carbonyl (C=O) groups is 1. The SMILES string of the molecule is O=C(Nc1ccccc1-c1ncco1)C1CN(C2CCCCC2)C1. The molecular weight excluding hydrogens is 302 g/mol. The molecule has 1 aliphatic carbocycles. The van der Waals surface area contributed by atoms with E-state index in [2.05, 4.69) is 15.2 Å². The first kappa shape index (κ1) is 15.4. The molecule has 1 saturated carbocycles.